The Morgan fingerprint density at radius 1 is 1.36 bits per heavy atom. The van der Waals surface area contributed by atoms with Crippen LogP contribution in [0.5, 0.6) is 0 Å². The van der Waals surface area contributed by atoms with Crippen LogP contribution in [-0.2, 0) is 4.74 Å². The summed E-state index contributed by atoms with van der Waals surface area (Å²) in [5.74, 6) is 0.855. The molecule has 2 aliphatic rings. The first-order valence-corrected chi connectivity index (χ1v) is 3.60. The van der Waals surface area contributed by atoms with E-state index in [0.29, 0.717) is 0 Å². The second kappa shape index (κ2) is 2.87. The zero-order chi connectivity index (χ0) is 7.52. The Morgan fingerprint density at radius 2 is 2.18 bits per heavy atom. The summed E-state index contributed by atoms with van der Waals surface area (Å²) in [5, 5.41) is 11.0. The first kappa shape index (κ1) is 6.60. The lowest BCUT2D eigenvalue weighted by Crippen LogP contribution is -2.32. The topological polar surface area (TPSA) is 49.3 Å². The maximum absolute atomic E-state index is 5.19. The van der Waals surface area contributed by atoms with Gasteiger partial charge in [-0.25, -0.2) is 0 Å². The summed E-state index contributed by atoms with van der Waals surface area (Å²) >= 11 is 0. The van der Waals surface area contributed by atoms with Crippen molar-refractivity contribution in [2.24, 2.45) is 15.4 Å². The van der Waals surface area contributed by atoms with Crippen molar-refractivity contribution >= 4 is 12.1 Å². The van der Waals surface area contributed by atoms with Crippen molar-refractivity contribution < 1.29 is 9.31 Å². The van der Waals surface area contributed by atoms with Crippen LogP contribution >= 0.6 is 0 Å². The predicted molar refractivity (Wildman–Crippen MR) is 39.2 cm³/mol. The highest BCUT2D eigenvalue weighted by molar-refractivity contribution is 6.28. The molecular weight excluding hydrogens is 144 g/mol. The second-order valence-electron chi connectivity index (χ2n) is 2.39. The van der Waals surface area contributed by atoms with Crippen molar-refractivity contribution in [1.82, 2.24) is 0 Å². The van der Waals surface area contributed by atoms with Crippen LogP contribution in [0.4, 0.5) is 0 Å². The van der Waals surface area contributed by atoms with Crippen molar-refractivity contribution in [1.29, 1.82) is 0 Å². The number of nitrogens with zero attached hydrogens (tertiary/aromatic N) is 4. The van der Waals surface area contributed by atoms with Gasteiger partial charge in [-0.2, -0.15) is 0 Å². The van der Waals surface area contributed by atoms with Crippen LogP contribution < -0.4 is 0 Å². The van der Waals surface area contributed by atoms with E-state index in [0.717, 1.165) is 32.1 Å². The second-order valence-corrected chi connectivity index (χ2v) is 2.39. The Kier molecular flexibility index (Phi) is 1.72. The summed E-state index contributed by atoms with van der Waals surface area (Å²) in [6.07, 6.45) is 1.67. The molecular formula is C6H9N4O+. The standard InChI is InChI=1S/C6H9N4O/c1-3-11-4-2-10(1)6-5-7-9-8-6/h5H,1-4H2/q+1. The molecule has 0 aromatic carbocycles. The van der Waals surface area contributed by atoms with E-state index >= 15 is 0 Å². The average molecular weight is 153 g/mol. The molecule has 0 aliphatic carbocycles. The van der Waals surface area contributed by atoms with Crippen LogP contribution in [-0.4, -0.2) is 42.9 Å². The van der Waals surface area contributed by atoms with Crippen molar-refractivity contribution in [2.45, 2.75) is 0 Å². The van der Waals surface area contributed by atoms with Gasteiger partial charge < -0.3 is 4.74 Å². The van der Waals surface area contributed by atoms with E-state index in [1.165, 1.54) is 0 Å². The molecule has 5 heteroatoms. The molecule has 0 atom stereocenters. The molecule has 2 aliphatic heterocycles. The lowest BCUT2D eigenvalue weighted by Gasteiger charge is -2.12. The van der Waals surface area contributed by atoms with E-state index in [2.05, 4.69) is 20.0 Å². The third kappa shape index (κ3) is 1.32. The number of hydrogen-bond acceptors (Lipinski definition) is 3. The van der Waals surface area contributed by atoms with Gasteiger partial charge in [0.2, 0.25) is 0 Å². The predicted octanol–water partition coefficient (Wildman–Crippen LogP) is -0.121. The molecule has 0 N–H and O–H groups in total. The minimum Gasteiger partial charge on any atom is -0.373 e. The van der Waals surface area contributed by atoms with Crippen LogP contribution in [0, 0.1) is 0 Å². The van der Waals surface area contributed by atoms with E-state index in [4.69, 9.17) is 4.74 Å². The Bertz CT molecular complexity index is 221. The maximum Gasteiger partial charge on any atom is 0.368 e. The Morgan fingerprint density at radius 3 is 2.82 bits per heavy atom. The van der Waals surface area contributed by atoms with E-state index in [-0.39, 0.29) is 0 Å². The van der Waals surface area contributed by atoms with Crippen LogP contribution in [0.1, 0.15) is 0 Å². The molecule has 0 aromatic heterocycles. The molecule has 1 saturated heterocycles. The fourth-order valence-electron chi connectivity index (χ4n) is 1.11. The maximum atomic E-state index is 5.19. The average Bonchev–Trinajstić information content (AvgIpc) is 2.58. The summed E-state index contributed by atoms with van der Waals surface area (Å²) < 4.78 is 7.30. The molecule has 0 unspecified atom stereocenters. The first-order valence-electron chi connectivity index (χ1n) is 3.60. The monoisotopic (exact) mass is 153 g/mol. The zero-order valence-electron chi connectivity index (χ0n) is 6.10. The SMILES string of the molecule is C1=NN=NC1=[N+]1CCOCC1. The number of amidine groups is 1. The molecule has 58 valence electrons. The molecule has 2 rings (SSSR count). The number of hydrogen-bond donors (Lipinski definition) is 0. The lowest BCUT2D eigenvalue weighted by atomic mass is 10.4. The van der Waals surface area contributed by atoms with Gasteiger partial charge >= 0.3 is 5.84 Å². The van der Waals surface area contributed by atoms with Gasteiger partial charge in [0.05, 0.1) is 18.4 Å². The van der Waals surface area contributed by atoms with Crippen LogP contribution in [0.2, 0.25) is 0 Å². The summed E-state index contributed by atoms with van der Waals surface area (Å²) in [6, 6.07) is 0. The van der Waals surface area contributed by atoms with E-state index < -0.39 is 0 Å². The quantitative estimate of drug-likeness (QED) is 0.447. The zero-order valence-corrected chi connectivity index (χ0v) is 6.10. The van der Waals surface area contributed by atoms with Gasteiger partial charge in [0.15, 0.2) is 0 Å². The van der Waals surface area contributed by atoms with E-state index in [1.54, 1.807) is 6.21 Å². The third-order valence-electron chi connectivity index (χ3n) is 1.71. The number of ether oxygens (including phenoxy) is 1. The minimum atomic E-state index is 0.771. The van der Waals surface area contributed by atoms with Crippen molar-refractivity contribution in [3.63, 3.8) is 0 Å². The highest BCUT2D eigenvalue weighted by Crippen LogP contribution is 1.95. The Balaban J connectivity index is 2.17. The summed E-state index contributed by atoms with van der Waals surface area (Å²) in [6.45, 7) is 3.32. The van der Waals surface area contributed by atoms with Crippen molar-refractivity contribution in [3.05, 3.63) is 0 Å². The van der Waals surface area contributed by atoms with E-state index in [9.17, 15) is 0 Å². The van der Waals surface area contributed by atoms with Gasteiger partial charge in [0.25, 0.3) is 0 Å². The molecule has 1 fully saturated rings. The summed E-state index contributed by atoms with van der Waals surface area (Å²) in [5.41, 5.74) is 0. The fourth-order valence-corrected chi connectivity index (χ4v) is 1.11. The van der Waals surface area contributed by atoms with Gasteiger partial charge in [-0.3, -0.25) is 4.58 Å². The lowest BCUT2D eigenvalue weighted by molar-refractivity contribution is -0.548. The molecule has 0 amide bonds. The van der Waals surface area contributed by atoms with Gasteiger partial charge in [0.1, 0.15) is 24.4 Å². The van der Waals surface area contributed by atoms with Gasteiger partial charge in [-0.1, -0.05) is 0 Å². The van der Waals surface area contributed by atoms with Crippen molar-refractivity contribution in [3.8, 4) is 0 Å². The summed E-state index contributed by atoms with van der Waals surface area (Å²) in [7, 11) is 0. The smallest absolute Gasteiger partial charge is 0.368 e. The third-order valence-corrected chi connectivity index (χ3v) is 1.71. The molecule has 0 saturated carbocycles. The van der Waals surface area contributed by atoms with E-state index in [1.807, 2.05) is 0 Å². The van der Waals surface area contributed by atoms with Crippen LogP contribution in [0.25, 0.3) is 0 Å². The van der Waals surface area contributed by atoms with Gasteiger partial charge in [0, 0.05) is 0 Å². The Labute approximate surface area is 64.1 Å². The minimum absolute atomic E-state index is 0.771. The number of morpholine rings is 1. The van der Waals surface area contributed by atoms with Crippen LogP contribution in [0.15, 0.2) is 15.4 Å². The van der Waals surface area contributed by atoms with Gasteiger partial charge in [-0.05, 0) is 0 Å². The normalized spacial score (nSPS) is 23.3. The first-order chi connectivity index (χ1) is 5.47. The molecule has 0 aromatic rings. The molecule has 11 heavy (non-hydrogen) atoms. The molecule has 0 bridgehead atoms. The molecule has 0 spiro atoms. The highest BCUT2D eigenvalue weighted by atomic mass is 16.5. The molecule has 2 heterocycles. The van der Waals surface area contributed by atoms with Gasteiger partial charge in [-0.15, -0.1) is 5.10 Å². The molecule has 0 radical (unpaired) electrons. The van der Waals surface area contributed by atoms with Crippen LogP contribution in [0.3, 0.4) is 0 Å². The molecule has 5 nitrogen and oxygen atoms in total. The highest BCUT2D eigenvalue weighted by Gasteiger charge is 2.18. The Hall–Kier alpha value is -1.10. The summed E-state index contributed by atoms with van der Waals surface area (Å²) in [4.78, 5) is 0. The largest absolute Gasteiger partial charge is 0.373 e. The van der Waals surface area contributed by atoms with Crippen molar-refractivity contribution in [2.75, 3.05) is 26.3 Å². The number of rotatable bonds is 0. The fraction of sp³-hybridized carbons (Fsp3) is 0.667.